The summed E-state index contributed by atoms with van der Waals surface area (Å²) in [6.45, 7) is 7.24. The Kier molecular flexibility index (Phi) is 8.64. The van der Waals surface area contributed by atoms with Gasteiger partial charge in [-0.25, -0.2) is 4.39 Å². The lowest BCUT2D eigenvalue weighted by Crippen LogP contribution is -2.14. The molecule has 0 aliphatic heterocycles. The Balaban J connectivity index is 1.83. The number of hydrogen-bond donors (Lipinski definition) is 0. The highest BCUT2D eigenvalue weighted by Crippen LogP contribution is 2.29. The Bertz CT molecular complexity index is 1050. The third kappa shape index (κ3) is 7.17. The third-order valence-corrected chi connectivity index (χ3v) is 5.71. The second kappa shape index (κ2) is 11.6. The molecule has 1 heterocycles. The van der Waals surface area contributed by atoms with Crippen molar-refractivity contribution >= 4 is 5.97 Å². The van der Waals surface area contributed by atoms with E-state index < -0.39 is 0 Å². The number of methoxy groups -OCH3 is 1. The Morgan fingerprint density at radius 2 is 2.00 bits per heavy atom. The van der Waals surface area contributed by atoms with Crippen LogP contribution in [0.25, 0.3) is 0 Å². The summed E-state index contributed by atoms with van der Waals surface area (Å²) in [5.41, 5.74) is 3.74. The molecule has 1 atom stereocenters. The molecule has 0 amide bonds. The zero-order valence-corrected chi connectivity index (χ0v) is 19.9. The van der Waals surface area contributed by atoms with E-state index >= 15 is 0 Å². The van der Waals surface area contributed by atoms with Gasteiger partial charge in [0.25, 0.3) is 0 Å². The minimum atomic E-state index is -0.249. The van der Waals surface area contributed by atoms with Crippen molar-refractivity contribution < 1.29 is 18.7 Å². The highest BCUT2D eigenvalue weighted by atomic mass is 19.1. The predicted octanol–water partition coefficient (Wildman–Crippen LogP) is 5.69. The summed E-state index contributed by atoms with van der Waals surface area (Å²) >= 11 is 0. The average Bonchev–Trinajstić information content (AvgIpc) is 3.30. The van der Waals surface area contributed by atoms with E-state index in [1.165, 1.54) is 13.2 Å². The van der Waals surface area contributed by atoms with E-state index in [-0.39, 0.29) is 24.1 Å². The van der Waals surface area contributed by atoms with Gasteiger partial charge in [-0.15, -0.1) is 0 Å². The van der Waals surface area contributed by atoms with E-state index in [4.69, 9.17) is 9.47 Å². The van der Waals surface area contributed by atoms with Crippen molar-refractivity contribution in [2.24, 2.45) is 5.92 Å². The smallest absolute Gasteiger partial charge is 0.305 e. The number of ether oxygens (including phenoxy) is 2. The largest absolute Gasteiger partial charge is 0.493 e. The fourth-order valence-corrected chi connectivity index (χ4v) is 3.94. The van der Waals surface area contributed by atoms with Crippen molar-refractivity contribution in [3.05, 3.63) is 82.9 Å². The van der Waals surface area contributed by atoms with Crippen LogP contribution in [-0.2, 0) is 22.5 Å². The van der Waals surface area contributed by atoms with Crippen LogP contribution in [-0.4, -0.2) is 29.5 Å². The normalized spacial score (nSPS) is 12.1. The Morgan fingerprint density at radius 3 is 2.67 bits per heavy atom. The van der Waals surface area contributed by atoms with Gasteiger partial charge in [0.15, 0.2) is 0 Å². The van der Waals surface area contributed by atoms with Crippen LogP contribution in [0.3, 0.4) is 0 Å². The molecule has 2 aromatic carbocycles. The Morgan fingerprint density at radius 1 is 1.18 bits per heavy atom. The van der Waals surface area contributed by atoms with Gasteiger partial charge in [0, 0.05) is 24.7 Å². The first-order valence-corrected chi connectivity index (χ1v) is 11.4. The second-order valence-electron chi connectivity index (χ2n) is 8.87. The number of hydrogen-bond acceptors (Lipinski definition) is 4. The first kappa shape index (κ1) is 24.5. The van der Waals surface area contributed by atoms with Gasteiger partial charge in [-0.3, -0.25) is 9.48 Å². The van der Waals surface area contributed by atoms with E-state index in [0.717, 1.165) is 28.9 Å². The van der Waals surface area contributed by atoms with E-state index in [9.17, 15) is 9.18 Å². The SMILES string of the molecule is COC(=O)CCc1ccc(Cn2cccn2)cc1OCC(CC(C)C)c1ccc(F)c(C)c1. The quantitative estimate of drug-likeness (QED) is 0.351. The van der Waals surface area contributed by atoms with Crippen LogP contribution in [0.5, 0.6) is 5.75 Å². The highest BCUT2D eigenvalue weighted by molar-refractivity contribution is 5.69. The molecule has 0 aliphatic rings. The lowest BCUT2D eigenvalue weighted by Gasteiger charge is -2.22. The monoisotopic (exact) mass is 452 g/mol. The second-order valence-corrected chi connectivity index (χ2v) is 8.87. The number of halogens is 1. The van der Waals surface area contributed by atoms with Crippen LogP contribution in [0.2, 0.25) is 0 Å². The number of esters is 1. The number of benzene rings is 2. The van der Waals surface area contributed by atoms with Crippen LogP contribution in [0.15, 0.2) is 54.9 Å². The third-order valence-electron chi connectivity index (χ3n) is 5.71. The van der Waals surface area contributed by atoms with E-state index in [1.54, 1.807) is 13.1 Å². The molecule has 0 saturated carbocycles. The predicted molar refractivity (Wildman–Crippen MR) is 127 cm³/mol. The molecule has 6 heteroatoms. The molecule has 0 fully saturated rings. The van der Waals surface area contributed by atoms with E-state index in [0.29, 0.717) is 31.1 Å². The minimum absolute atomic E-state index is 0.132. The fourth-order valence-electron chi connectivity index (χ4n) is 3.94. The van der Waals surface area contributed by atoms with E-state index in [1.807, 2.05) is 47.3 Å². The number of aromatic nitrogens is 2. The summed E-state index contributed by atoms with van der Waals surface area (Å²) in [6.07, 6.45) is 5.42. The summed E-state index contributed by atoms with van der Waals surface area (Å²) in [6, 6.07) is 13.3. The summed E-state index contributed by atoms with van der Waals surface area (Å²) in [4.78, 5) is 11.7. The molecule has 1 unspecified atom stereocenters. The molecule has 3 rings (SSSR count). The topological polar surface area (TPSA) is 53.4 Å². The Hall–Kier alpha value is -3.15. The Labute approximate surface area is 195 Å². The zero-order chi connectivity index (χ0) is 23.8. The van der Waals surface area contributed by atoms with Gasteiger partial charge < -0.3 is 9.47 Å². The lowest BCUT2D eigenvalue weighted by molar-refractivity contribution is -0.140. The molecule has 0 spiro atoms. The zero-order valence-electron chi connectivity index (χ0n) is 19.9. The number of carbonyl (C=O) groups excluding carboxylic acids is 1. The molecule has 3 aromatic rings. The maximum absolute atomic E-state index is 13.8. The maximum Gasteiger partial charge on any atom is 0.305 e. The molecule has 0 saturated heterocycles. The summed E-state index contributed by atoms with van der Waals surface area (Å²) in [5.74, 6) is 0.915. The summed E-state index contributed by atoms with van der Waals surface area (Å²) < 4.78 is 26.9. The van der Waals surface area contributed by atoms with Crippen molar-refractivity contribution in [3.63, 3.8) is 0 Å². The molecule has 0 bridgehead atoms. The van der Waals surface area contributed by atoms with Crippen molar-refractivity contribution in [1.82, 2.24) is 9.78 Å². The maximum atomic E-state index is 13.8. The van der Waals surface area contributed by atoms with Crippen LogP contribution >= 0.6 is 0 Å². The van der Waals surface area contributed by atoms with Crippen molar-refractivity contribution in [3.8, 4) is 5.75 Å². The van der Waals surface area contributed by atoms with Gasteiger partial charge in [0.2, 0.25) is 0 Å². The molecular formula is C27H33FN2O3. The molecule has 0 N–H and O–H groups in total. The molecule has 1 aromatic heterocycles. The molecule has 0 aliphatic carbocycles. The fraction of sp³-hybridized carbons (Fsp3) is 0.407. The number of nitrogens with zero attached hydrogens (tertiary/aromatic N) is 2. The molecular weight excluding hydrogens is 419 g/mol. The van der Waals surface area contributed by atoms with Crippen LogP contribution < -0.4 is 4.74 Å². The highest BCUT2D eigenvalue weighted by Gasteiger charge is 2.17. The number of aryl methyl sites for hydroxylation is 2. The van der Waals surface area contributed by atoms with Crippen molar-refractivity contribution in [1.29, 1.82) is 0 Å². The van der Waals surface area contributed by atoms with Crippen LogP contribution in [0.4, 0.5) is 4.39 Å². The van der Waals surface area contributed by atoms with Gasteiger partial charge in [-0.1, -0.05) is 38.1 Å². The molecule has 5 nitrogen and oxygen atoms in total. The first-order valence-electron chi connectivity index (χ1n) is 11.4. The standard InChI is InChI=1S/C27H33FN2O3/c1-19(2)14-24(23-8-10-25(28)20(3)15-23)18-33-26-16-21(17-30-13-5-12-29-30)6-7-22(26)9-11-27(31)32-4/h5-8,10,12-13,15-16,19,24H,9,11,14,17-18H2,1-4H3. The van der Waals surface area contributed by atoms with E-state index in [2.05, 4.69) is 18.9 Å². The minimum Gasteiger partial charge on any atom is -0.493 e. The van der Waals surface area contributed by atoms with Crippen molar-refractivity contribution in [2.75, 3.05) is 13.7 Å². The van der Waals surface area contributed by atoms with Crippen LogP contribution in [0.1, 0.15) is 54.9 Å². The number of carbonyl (C=O) groups is 1. The summed E-state index contributed by atoms with van der Waals surface area (Å²) in [5, 5.41) is 4.28. The van der Waals surface area contributed by atoms with Crippen molar-refractivity contribution in [2.45, 2.75) is 52.5 Å². The average molecular weight is 453 g/mol. The molecule has 176 valence electrons. The molecule has 0 radical (unpaired) electrons. The number of rotatable bonds is 11. The summed E-state index contributed by atoms with van der Waals surface area (Å²) in [7, 11) is 1.40. The van der Waals surface area contributed by atoms with Gasteiger partial charge in [0.05, 0.1) is 20.3 Å². The van der Waals surface area contributed by atoms with Gasteiger partial charge in [0.1, 0.15) is 11.6 Å². The van der Waals surface area contributed by atoms with Crippen LogP contribution in [0, 0.1) is 18.7 Å². The van der Waals surface area contributed by atoms with Gasteiger partial charge >= 0.3 is 5.97 Å². The first-order chi connectivity index (χ1) is 15.9. The van der Waals surface area contributed by atoms with Gasteiger partial charge in [-0.05, 0) is 66.1 Å². The van der Waals surface area contributed by atoms with Gasteiger partial charge in [-0.2, -0.15) is 5.10 Å². The molecule has 33 heavy (non-hydrogen) atoms. The lowest BCUT2D eigenvalue weighted by atomic mass is 9.90.